The minimum atomic E-state index is -0.774. The van der Waals surface area contributed by atoms with Gasteiger partial charge in [-0.05, 0) is 36.8 Å². The van der Waals surface area contributed by atoms with E-state index in [2.05, 4.69) is 0 Å². The Morgan fingerprint density at radius 2 is 1.95 bits per heavy atom. The molecule has 21 heavy (non-hydrogen) atoms. The van der Waals surface area contributed by atoms with Gasteiger partial charge in [-0.25, -0.2) is 8.78 Å². The molecule has 108 valence electrons. The number of hydrogen-bond acceptors (Lipinski definition) is 3. The topological polar surface area (TPSA) is 53.2 Å². The number of hydrogen-bond donors (Lipinski definition) is 1. The summed E-state index contributed by atoms with van der Waals surface area (Å²) in [5.74, 6) is -1.22. The average molecular weight is 289 g/mol. The lowest BCUT2D eigenvalue weighted by Crippen LogP contribution is -2.01. The maximum absolute atomic E-state index is 13.8. The highest BCUT2D eigenvalue weighted by atomic mass is 19.1. The summed E-state index contributed by atoms with van der Waals surface area (Å²) < 4.78 is 32.6. The van der Waals surface area contributed by atoms with E-state index < -0.39 is 17.7 Å². The Morgan fingerprint density at radius 3 is 2.52 bits per heavy atom. The van der Waals surface area contributed by atoms with Gasteiger partial charge in [0.05, 0.1) is 17.7 Å². The molecule has 0 amide bonds. The number of aliphatic hydroxyl groups excluding tert-OH is 1. The molecule has 0 fully saturated rings. The second-order valence-corrected chi connectivity index (χ2v) is 4.57. The lowest BCUT2D eigenvalue weighted by molar-refractivity contribution is 0.198. The van der Waals surface area contributed by atoms with Crippen LogP contribution in [0.25, 0.3) is 0 Å². The van der Waals surface area contributed by atoms with Crippen molar-refractivity contribution in [3.63, 3.8) is 0 Å². The van der Waals surface area contributed by atoms with Crippen LogP contribution in [0, 0.1) is 23.0 Å². The molecular formula is C16H13F2NO2. The van der Waals surface area contributed by atoms with E-state index in [4.69, 9.17) is 10.00 Å². The lowest BCUT2D eigenvalue weighted by atomic mass is 10.1. The van der Waals surface area contributed by atoms with Crippen LogP contribution >= 0.6 is 0 Å². The molecule has 3 nitrogen and oxygen atoms in total. The molecule has 0 bridgehead atoms. The zero-order chi connectivity index (χ0) is 15.4. The standard InChI is InChI=1S/C16H13F2NO2/c1-10(20)12-4-5-16(15(18)7-12)21-9-13-3-2-11(8-19)6-14(13)17/h2-7,10,20H,9H2,1H3/t10-/m0/s1. The molecule has 2 aromatic rings. The highest BCUT2D eigenvalue weighted by Crippen LogP contribution is 2.23. The number of nitrogens with zero attached hydrogens (tertiary/aromatic N) is 1. The summed E-state index contributed by atoms with van der Waals surface area (Å²) in [5.41, 5.74) is 0.876. The molecule has 5 heteroatoms. The van der Waals surface area contributed by atoms with Gasteiger partial charge in [0.2, 0.25) is 0 Å². The van der Waals surface area contributed by atoms with Gasteiger partial charge in [-0.2, -0.15) is 5.26 Å². The fourth-order valence-electron chi connectivity index (χ4n) is 1.78. The summed E-state index contributed by atoms with van der Waals surface area (Å²) >= 11 is 0. The van der Waals surface area contributed by atoms with Crippen molar-refractivity contribution in [1.82, 2.24) is 0 Å². The molecule has 0 saturated carbocycles. The molecular weight excluding hydrogens is 276 g/mol. The fraction of sp³-hybridized carbons (Fsp3) is 0.188. The number of aliphatic hydroxyl groups is 1. The molecule has 0 saturated heterocycles. The van der Waals surface area contributed by atoms with Gasteiger partial charge < -0.3 is 9.84 Å². The van der Waals surface area contributed by atoms with E-state index in [-0.39, 0.29) is 23.5 Å². The predicted molar refractivity (Wildman–Crippen MR) is 72.5 cm³/mol. The van der Waals surface area contributed by atoms with Crippen molar-refractivity contribution in [2.24, 2.45) is 0 Å². The smallest absolute Gasteiger partial charge is 0.165 e. The van der Waals surface area contributed by atoms with Gasteiger partial charge in [-0.15, -0.1) is 0 Å². The SMILES string of the molecule is C[C@H](O)c1ccc(OCc2ccc(C#N)cc2F)c(F)c1. The molecule has 0 aliphatic heterocycles. The maximum atomic E-state index is 13.8. The molecule has 0 spiro atoms. The minimum absolute atomic E-state index is 0.0249. The third-order valence-corrected chi connectivity index (χ3v) is 3.00. The Kier molecular flexibility index (Phi) is 4.51. The maximum Gasteiger partial charge on any atom is 0.165 e. The minimum Gasteiger partial charge on any atom is -0.486 e. The van der Waals surface area contributed by atoms with Crippen molar-refractivity contribution < 1.29 is 18.6 Å². The van der Waals surface area contributed by atoms with Crippen LogP contribution in [0.15, 0.2) is 36.4 Å². The fourth-order valence-corrected chi connectivity index (χ4v) is 1.78. The van der Waals surface area contributed by atoms with Crippen LogP contribution in [0.2, 0.25) is 0 Å². The Bertz CT molecular complexity index is 693. The number of nitriles is 1. The van der Waals surface area contributed by atoms with Crippen LogP contribution in [0.1, 0.15) is 29.7 Å². The van der Waals surface area contributed by atoms with Crippen molar-refractivity contribution in [2.75, 3.05) is 0 Å². The number of benzene rings is 2. The normalized spacial score (nSPS) is 11.8. The van der Waals surface area contributed by atoms with Crippen LogP contribution in [0.4, 0.5) is 8.78 Å². The molecule has 1 N–H and O–H groups in total. The summed E-state index contributed by atoms with van der Waals surface area (Å²) in [6.07, 6.45) is -0.774. The van der Waals surface area contributed by atoms with E-state index in [0.717, 1.165) is 6.07 Å². The van der Waals surface area contributed by atoms with E-state index in [9.17, 15) is 13.9 Å². The van der Waals surface area contributed by atoms with Crippen molar-refractivity contribution >= 4 is 0 Å². The van der Waals surface area contributed by atoms with Crippen LogP contribution in [-0.4, -0.2) is 5.11 Å². The second-order valence-electron chi connectivity index (χ2n) is 4.57. The van der Waals surface area contributed by atoms with Crippen molar-refractivity contribution in [3.05, 3.63) is 64.7 Å². The van der Waals surface area contributed by atoms with Crippen molar-refractivity contribution in [3.8, 4) is 11.8 Å². The van der Waals surface area contributed by atoms with E-state index in [1.807, 2.05) is 6.07 Å². The monoisotopic (exact) mass is 289 g/mol. The molecule has 0 aliphatic carbocycles. The van der Waals surface area contributed by atoms with Gasteiger partial charge in [-0.1, -0.05) is 12.1 Å². The number of rotatable bonds is 4. The van der Waals surface area contributed by atoms with Crippen LogP contribution in [0.5, 0.6) is 5.75 Å². The Balaban J connectivity index is 2.12. The Labute approximate surface area is 121 Å². The lowest BCUT2D eigenvalue weighted by Gasteiger charge is -2.10. The first-order valence-corrected chi connectivity index (χ1v) is 6.30. The van der Waals surface area contributed by atoms with E-state index in [1.165, 1.54) is 37.3 Å². The largest absolute Gasteiger partial charge is 0.486 e. The zero-order valence-electron chi connectivity index (χ0n) is 11.3. The molecule has 0 radical (unpaired) electrons. The highest BCUT2D eigenvalue weighted by Gasteiger charge is 2.10. The van der Waals surface area contributed by atoms with Crippen molar-refractivity contribution in [1.29, 1.82) is 5.26 Å². The van der Waals surface area contributed by atoms with Crippen molar-refractivity contribution in [2.45, 2.75) is 19.6 Å². The molecule has 1 atom stereocenters. The first-order chi connectivity index (χ1) is 10.0. The van der Waals surface area contributed by atoms with Gasteiger partial charge >= 0.3 is 0 Å². The average Bonchev–Trinajstić information content (AvgIpc) is 2.46. The van der Waals surface area contributed by atoms with Crippen LogP contribution in [0.3, 0.4) is 0 Å². The van der Waals surface area contributed by atoms with E-state index in [0.29, 0.717) is 5.56 Å². The number of ether oxygens (including phenoxy) is 1. The third-order valence-electron chi connectivity index (χ3n) is 3.00. The van der Waals surface area contributed by atoms with E-state index >= 15 is 0 Å². The highest BCUT2D eigenvalue weighted by molar-refractivity contribution is 5.34. The molecule has 0 heterocycles. The van der Waals surface area contributed by atoms with Gasteiger partial charge in [0.1, 0.15) is 12.4 Å². The summed E-state index contributed by atoms with van der Waals surface area (Å²) in [5, 5.41) is 18.0. The molecule has 0 aromatic heterocycles. The summed E-state index contributed by atoms with van der Waals surface area (Å²) in [4.78, 5) is 0. The van der Waals surface area contributed by atoms with Gasteiger partial charge in [0, 0.05) is 5.56 Å². The van der Waals surface area contributed by atoms with Gasteiger partial charge in [0.15, 0.2) is 11.6 Å². The first kappa shape index (κ1) is 14.9. The summed E-state index contributed by atoms with van der Waals surface area (Å²) in [6.45, 7) is 1.38. The summed E-state index contributed by atoms with van der Waals surface area (Å²) in [7, 11) is 0. The number of halogens is 2. The summed E-state index contributed by atoms with van der Waals surface area (Å²) in [6, 6.07) is 9.93. The molecule has 0 unspecified atom stereocenters. The predicted octanol–water partition coefficient (Wildman–Crippen LogP) is 3.47. The Hall–Kier alpha value is -2.45. The Morgan fingerprint density at radius 1 is 1.19 bits per heavy atom. The third kappa shape index (κ3) is 3.56. The zero-order valence-corrected chi connectivity index (χ0v) is 11.3. The molecule has 0 aliphatic rings. The molecule has 2 rings (SSSR count). The molecule has 2 aromatic carbocycles. The second kappa shape index (κ2) is 6.33. The first-order valence-electron chi connectivity index (χ1n) is 6.30. The van der Waals surface area contributed by atoms with E-state index in [1.54, 1.807) is 0 Å². The van der Waals surface area contributed by atoms with Crippen LogP contribution in [-0.2, 0) is 6.61 Å². The van der Waals surface area contributed by atoms with Gasteiger partial charge in [0.25, 0.3) is 0 Å². The van der Waals surface area contributed by atoms with Gasteiger partial charge in [-0.3, -0.25) is 0 Å². The van der Waals surface area contributed by atoms with Crippen LogP contribution < -0.4 is 4.74 Å². The quantitative estimate of drug-likeness (QED) is 0.937.